The number of nitrogens with zero attached hydrogens (tertiary/aromatic N) is 1. The van der Waals surface area contributed by atoms with Crippen LogP contribution in [0, 0.1) is 6.92 Å². The fourth-order valence-electron chi connectivity index (χ4n) is 1.36. The second-order valence-electron chi connectivity index (χ2n) is 3.59. The van der Waals surface area contributed by atoms with Gasteiger partial charge in [-0.1, -0.05) is 0 Å². The van der Waals surface area contributed by atoms with E-state index in [0.717, 1.165) is 10.8 Å². The van der Waals surface area contributed by atoms with Crippen LogP contribution in [-0.4, -0.2) is 10.9 Å². The molecule has 5 nitrogen and oxygen atoms in total. The van der Waals surface area contributed by atoms with Crippen LogP contribution in [0.15, 0.2) is 23.6 Å². The first-order valence-corrected chi connectivity index (χ1v) is 5.82. The van der Waals surface area contributed by atoms with Gasteiger partial charge in [0.05, 0.1) is 17.1 Å². The third-order valence-electron chi connectivity index (χ3n) is 2.20. The highest BCUT2D eigenvalue weighted by atomic mass is 32.1. The Hall–Kier alpha value is -2.08. The minimum atomic E-state index is -0.492. The molecule has 6 heteroatoms. The summed E-state index contributed by atoms with van der Waals surface area (Å²) in [6.07, 6.45) is 0. The van der Waals surface area contributed by atoms with E-state index in [0.29, 0.717) is 16.9 Å². The molecule has 0 unspecified atom stereocenters. The lowest BCUT2D eigenvalue weighted by molar-refractivity contribution is 0.100. The number of thiazole rings is 1. The van der Waals surface area contributed by atoms with E-state index in [1.54, 1.807) is 18.2 Å². The van der Waals surface area contributed by atoms with Crippen LogP contribution in [-0.2, 0) is 0 Å². The fourth-order valence-corrected chi connectivity index (χ4v) is 2.06. The SMILES string of the molecule is Cc1csc(Nc2ccc(C(N)=O)cc2N)n1. The van der Waals surface area contributed by atoms with Crippen LogP contribution < -0.4 is 16.8 Å². The van der Waals surface area contributed by atoms with Crippen molar-refractivity contribution in [1.82, 2.24) is 4.98 Å². The molecule has 1 aromatic carbocycles. The monoisotopic (exact) mass is 248 g/mol. The first-order chi connectivity index (χ1) is 8.06. The summed E-state index contributed by atoms with van der Waals surface area (Å²) in [6.45, 7) is 1.92. The predicted molar refractivity (Wildman–Crippen MR) is 69.5 cm³/mol. The number of carbonyl (C=O) groups excluding carboxylic acids is 1. The molecule has 5 N–H and O–H groups in total. The topological polar surface area (TPSA) is 94.0 Å². The van der Waals surface area contributed by atoms with Gasteiger partial charge in [-0.15, -0.1) is 11.3 Å². The number of rotatable bonds is 3. The molecule has 0 aliphatic rings. The van der Waals surface area contributed by atoms with E-state index in [1.165, 1.54) is 11.3 Å². The maximum Gasteiger partial charge on any atom is 0.248 e. The van der Waals surface area contributed by atoms with Crippen LogP contribution in [0.5, 0.6) is 0 Å². The average Bonchev–Trinajstić information content (AvgIpc) is 2.67. The summed E-state index contributed by atoms with van der Waals surface area (Å²) in [5.41, 5.74) is 13.5. The summed E-state index contributed by atoms with van der Waals surface area (Å²) in [7, 11) is 0. The third-order valence-corrected chi connectivity index (χ3v) is 3.07. The Balaban J connectivity index is 2.25. The zero-order valence-electron chi connectivity index (χ0n) is 9.23. The van der Waals surface area contributed by atoms with Crippen molar-refractivity contribution in [2.24, 2.45) is 5.73 Å². The summed E-state index contributed by atoms with van der Waals surface area (Å²) in [4.78, 5) is 15.2. The van der Waals surface area contributed by atoms with Crippen LogP contribution in [0.4, 0.5) is 16.5 Å². The Bertz CT molecular complexity index is 564. The van der Waals surface area contributed by atoms with E-state index < -0.39 is 5.91 Å². The standard InChI is InChI=1S/C11H12N4OS/c1-6-5-17-11(14-6)15-9-3-2-7(10(13)16)4-8(9)12/h2-5H,12H2,1H3,(H2,13,16)(H,14,15). The smallest absolute Gasteiger partial charge is 0.248 e. The molecule has 0 aliphatic heterocycles. The minimum Gasteiger partial charge on any atom is -0.397 e. The van der Waals surface area contributed by atoms with Crippen molar-refractivity contribution in [3.05, 3.63) is 34.8 Å². The maximum atomic E-state index is 11.0. The number of carbonyl (C=O) groups is 1. The minimum absolute atomic E-state index is 0.392. The van der Waals surface area contributed by atoms with Crippen LogP contribution in [0.1, 0.15) is 16.1 Å². The molecule has 17 heavy (non-hydrogen) atoms. The number of benzene rings is 1. The summed E-state index contributed by atoms with van der Waals surface area (Å²) >= 11 is 1.49. The highest BCUT2D eigenvalue weighted by Crippen LogP contribution is 2.25. The largest absolute Gasteiger partial charge is 0.397 e. The number of primary amides is 1. The maximum absolute atomic E-state index is 11.0. The van der Waals surface area contributed by atoms with Crippen LogP contribution >= 0.6 is 11.3 Å². The van der Waals surface area contributed by atoms with Gasteiger partial charge in [-0.2, -0.15) is 0 Å². The van der Waals surface area contributed by atoms with Crippen molar-refractivity contribution in [2.75, 3.05) is 11.1 Å². The number of aromatic nitrogens is 1. The zero-order valence-corrected chi connectivity index (χ0v) is 10.0. The van der Waals surface area contributed by atoms with Gasteiger partial charge in [0.2, 0.25) is 5.91 Å². The first kappa shape index (κ1) is 11.4. The number of aryl methyl sites for hydroxylation is 1. The molecule has 0 atom stereocenters. The van der Waals surface area contributed by atoms with E-state index in [1.807, 2.05) is 12.3 Å². The van der Waals surface area contributed by atoms with E-state index in [9.17, 15) is 4.79 Å². The number of hydrogen-bond acceptors (Lipinski definition) is 5. The van der Waals surface area contributed by atoms with Crippen molar-refractivity contribution in [1.29, 1.82) is 0 Å². The lowest BCUT2D eigenvalue weighted by Gasteiger charge is -2.07. The quantitative estimate of drug-likeness (QED) is 0.723. The second kappa shape index (κ2) is 4.42. The molecule has 1 heterocycles. The van der Waals surface area contributed by atoms with Gasteiger partial charge in [-0.25, -0.2) is 4.98 Å². The lowest BCUT2D eigenvalue weighted by atomic mass is 10.1. The Morgan fingerprint density at radius 1 is 1.47 bits per heavy atom. The molecule has 0 aliphatic carbocycles. The molecule has 0 bridgehead atoms. The van der Waals surface area contributed by atoms with Crippen LogP contribution in [0.25, 0.3) is 0 Å². The summed E-state index contributed by atoms with van der Waals surface area (Å²) in [5.74, 6) is -0.492. The Morgan fingerprint density at radius 2 is 2.24 bits per heavy atom. The van der Waals surface area contributed by atoms with Gasteiger partial charge in [0.1, 0.15) is 0 Å². The lowest BCUT2D eigenvalue weighted by Crippen LogP contribution is -2.11. The molecular weight excluding hydrogens is 236 g/mol. The first-order valence-electron chi connectivity index (χ1n) is 4.95. The van der Waals surface area contributed by atoms with Gasteiger partial charge in [-0.3, -0.25) is 4.79 Å². The van der Waals surface area contributed by atoms with Crippen molar-refractivity contribution in [3.63, 3.8) is 0 Å². The normalized spacial score (nSPS) is 10.2. The van der Waals surface area contributed by atoms with Gasteiger partial charge in [0.25, 0.3) is 0 Å². The highest BCUT2D eigenvalue weighted by molar-refractivity contribution is 7.13. The predicted octanol–water partition coefficient (Wildman–Crippen LogP) is 1.88. The Kier molecular flexibility index (Phi) is 2.97. The van der Waals surface area contributed by atoms with Gasteiger partial charge in [0.15, 0.2) is 5.13 Å². The summed E-state index contributed by atoms with van der Waals surface area (Å²) in [6, 6.07) is 4.89. The van der Waals surface area contributed by atoms with Crippen molar-refractivity contribution < 1.29 is 4.79 Å². The van der Waals surface area contributed by atoms with Crippen LogP contribution in [0.2, 0.25) is 0 Å². The Morgan fingerprint density at radius 3 is 2.76 bits per heavy atom. The van der Waals surface area contributed by atoms with Crippen LogP contribution in [0.3, 0.4) is 0 Å². The molecule has 0 spiro atoms. The molecule has 88 valence electrons. The molecular formula is C11H12N4OS. The Labute approximate surface area is 102 Å². The van der Waals surface area contributed by atoms with E-state index in [-0.39, 0.29) is 0 Å². The third kappa shape index (κ3) is 2.54. The molecule has 0 saturated heterocycles. The molecule has 0 saturated carbocycles. The molecule has 0 fully saturated rings. The molecule has 0 radical (unpaired) electrons. The van der Waals surface area contributed by atoms with Gasteiger partial charge < -0.3 is 16.8 Å². The fraction of sp³-hybridized carbons (Fsp3) is 0.0909. The highest BCUT2D eigenvalue weighted by Gasteiger charge is 2.06. The molecule has 1 aromatic heterocycles. The average molecular weight is 248 g/mol. The molecule has 1 amide bonds. The number of nitrogen functional groups attached to an aromatic ring is 1. The van der Waals surface area contributed by atoms with E-state index >= 15 is 0 Å². The van der Waals surface area contributed by atoms with Crippen molar-refractivity contribution in [3.8, 4) is 0 Å². The van der Waals surface area contributed by atoms with E-state index in [4.69, 9.17) is 11.5 Å². The van der Waals surface area contributed by atoms with E-state index in [2.05, 4.69) is 10.3 Å². The van der Waals surface area contributed by atoms with Gasteiger partial charge in [-0.05, 0) is 25.1 Å². The van der Waals surface area contributed by atoms with Crippen molar-refractivity contribution >= 4 is 33.8 Å². The van der Waals surface area contributed by atoms with Crippen molar-refractivity contribution in [2.45, 2.75) is 6.92 Å². The number of nitrogens with two attached hydrogens (primary N) is 2. The number of anilines is 3. The number of amides is 1. The summed E-state index contributed by atoms with van der Waals surface area (Å²) < 4.78 is 0. The van der Waals surface area contributed by atoms with Gasteiger partial charge in [0, 0.05) is 10.9 Å². The summed E-state index contributed by atoms with van der Waals surface area (Å²) in [5, 5.41) is 5.80. The second-order valence-corrected chi connectivity index (χ2v) is 4.44. The molecule has 2 rings (SSSR count). The number of hydrogen-bond donors (Lipinski definition) is 3. The zero-order chi connectivity index (χ0) is 12.4. The number of nitrogens with one attached hydrogen (secondary N) is 1. The molecule has 2 aromatic rings. The van der Waals surface area contributed by atoms with Gasteiger partial charge >= 0.3 is 0 Å².